The molecule has 7 unspecified atom stereocenters. The average Bonchev–Trinajstić information content (AvgIpc) is 3.77. The number of carbonyl (C=O) groups excluding carboxylic acids is 3. The zero-order valence-electron chi connectivity index (χ0n) is 24.3. The second kappa shape index (κ2) is 11.2. The van der Waals surface area contributed by atoms with E-state index in [0.717, 1.165) is 21.8 Å². The van der Waals surface area contributed by atoms with Gasteiger partial charge < -0.3 is 10.4 Å². The van der Waals surface area contributed by atoms with Crippen molar-refractivity contribution in [3.05, 3.63) is 109 Å². The highest BCUT2D eigenvalue weighted by atomic mass is 35.5. The van der Waals surface area contributed by atoms with Gasteiger partial charge in [-0.2, -0.15) is 0 Å². The zero-order valence-corrected chi connectivity index (χ0v) is 26.7. The molecule has 2 N–H and O–H groups in total. The number of aromatic nitrogens is 1. The highest BCUT2D eigenvalue weighted by Gasteiger charge is 2.69. The minimum Gasteiger partial charge on any atom is -0.478 e. The second-order valence-electron chi connectivity index (χ2n) is 12.3. The average molecular weight is 690 g/mol. The summed E-state index contributed by atoms with van der Waals surface area (Å²) >= 11 is 8.62. The van der Waals surface area contributed by atoms with Crippen LogP contribution in [-0.2, 0) is 20.9 Å². The number of hydrogen-bond donors (Lipinski definition) is 2. The summed E-state index contributed by atoms with van der Waals surface area (Å²) in [5, 5.41) is 12.9. The number of carbonyl (C=O) groups is 4. The van der Waals surface area contributed by atoms with Gasteiger partial charge in [-0.15, -0.1) is 11.8 Å². The first kappa shape index (κ1) is 30.1. The Bertz CT molecular complexity index is 2030. The number of rotatable bonds is 6. The molecule has 1 saturated heterocycles. The number of thioether (sulfide) groups is 1. The van der Waals surface area contributed by atoms with Gasteiger partial charge >= 0.3 is 10.8 Å². The molecule has 47 heavy (non-hydrogen) atoms. The molecule has 3 fully saturated rings. The van der Waals surface area contributed by atoms with Crippen LogP contribution in [0.1, 0.15) is 33.1 Å². The number of benzene rings is 3. The molecule has 0 radical (unpaired) electrons. The van der Waals surface area contributed by atoms with Crippen molar-refractivity contribution < 1.29 is 28.7 Å². The Morgan fingerprint density at radius 2 is 1.57 bits per heavy atom. The molecule has 3 heterocycles. The number of fused-ring (bicyclic) bond motifs is 9. The molecule has 7 atom stereocenters. The number of halogens is 2. The van der Waals surface area contributed by atoms with E-state index in [1.165, 1.54) is 57.6 Å². The van der Waals surface area contributed by atoms with E-state index >= 15 is 0 Å². The van der Waals surface area contributed by atoms with Crippen LogP contribution in [-0.4, -0.2) is 38.6 Å². The van der Waals surface area contributed by atoms with Crippen molar-refractivity contribution in [1.29, 1.82) is 0 Å². The van der Waals surface area contributed by atoms with Gasteiger partial charge in [-0.05, 0) is 90.4 Å². The lowest BCUT2D eigenvalue weighted by molar-refractivity contribution is -0.123. The Morgan fingerprint density at radius 1 is 0.915 bits per heavy atom. The normalized spacial score (nSPS) is 27.0. The monoisotopic (exact) mass is 689 g/mol. The lowest BCUT2D eigenvalue weighted by Crippen LogP contribution is -2.43. The maximum Gasteiger partial charge on any atom is 0.335 e. The zero-order chi connectivity index (χ0) is 32.7. The number of hydrogen-bond acceptors (Lipinski definition) is 7. The van der Waals surface area contributed by atoms with E-state index in [2.05, 4.69) is 5.32 Å². The molecule has 2 bridgehead atoms. The molecule has 238 valence electrons. The van der Waals surface area contributed by atoms with Crippen LogP contribution in [0.3, 0.4) is 0 Å². The SMILES string of the molecule is O=C(Cn1c2c(sc1=O)C(c1ccc(F)cc1)C1C3CC(C1S2)C1C(=O)N(c2ccc(Cl)cc2)C(=O)C31)Nc1ccc(C(=O)O)cc1. The van der Waals surface area contributed by atoms with E-state index in [0.29, 0.717) is 27.8 Å². The van der Waals surface area contributed by atoms with Gasteiger partial charge in [0, 0.05) is 26.8 Å². The number of aromatic carboxylic acids is 1. The van der Waals surface area contributed by atoms with Crippen molar-refractivity contribution in [3.63, 3.8) is 0 Å². The van der Waals surface area contributed by atoms with Crippen molar-refractivity contribution in [1.82, 2.24) is 4.57 Å². The quantitative estimate of drug-likeness (QED) is 0.248. The molecule has 2 aliphatic carbocycles. The summed E-state index contributed by atoms with van der Waals surface area (Å²) in [5.74, 6) is -4.04. The molecule has 4 aromatic rings. The van der Waals surface area contributed by atoms with Crippen LogP contribution < -0.4 is 15.1 Å². The van der Waals surface area contributed by atoms with Crippen LogP contribution in [0, 0.1) is 35.4 Å². The lowest BCUT2D eigenvalue weighted by Gasteiger charge is -2.43. The molecular weight excluding hydrogens is 665 g/mol. The number of nitrogens with zero attached hydrogens (tertiary/aromatic N) is 2. The number of thiazole rings is 1. The summed E-state index contributed by atoms with van der Waals surface area (Å²) < 4.78 is 15.5. The molecule has 8 rings (SSSR count). The van der Waals surface area contributed by atoms with E-state index in [1.807, 2.05) is 0 Å². The molecule has 1 aromatic heterocycles. The van der Waals surface area contributed by atoms with Crippen LogP contribution >= 0.6 is 34.7 Å². The largest absolute Gasteiger partial charge is 0.478 e. The molecule has 3 aromatic carbocycles. The van der Waals surface area contributed by atoms with E-state index in [9.17, 15) is 28.4 Å². The first-order valence-electron chi connectivity index (χ1n) is 15.0. The maximum atomic E-state index is 14.1. The first-order valence-corrected chi connectivity index (χ1v) is 17.1. The number of imide groups is 1. The topological polar surface area (TPSA) is 126 Å². The molecule has 13 heteroatoms. The highest BCUT2D eigenvalue weighted by Crippen LogP contribution is 2.69. The number of anilines is 2. The summed E-state index contributed by atoms with van der Waals surface area (Å²) in [6, 6.07) is 18.6. The Kier molecular flexibility index (Phi) is 7.16. The smallest absolute Gasteiger partial charge is 0.335 e. The van der Waals surface area contributed by atoms with Gasteiger partial charge in [0.2, 0.25) is 17.7 Å². The van der Waals surface area contributed by atoms with E-state index in [4.69, 9.17) is 16.7 Å². The Balaban J connectivity index is 1.15. The van der Waals surface area contributed by atoms with E-state index in [-0.39, 0.29) is 57.7 Å². The van der Waals surface area contributed by atoms with Crippen LogP contribution in [0.15, 0.2) is 82.6 Å². The van der Waals surface area contributed by atoms with Crippen LogP contribution in [0.2, 0.25) is 5.02 Å². The van der Waals surface area contributed by atoms with Crippen molar-refractivity contribution in [2.24, 2.45) is 29.6 Å². The van der Waals surface area contributed by atoms with Crippen molar-refractivity contribution in [2.45, 2.75) is 29.2 Å². The van der Waals surface area contributed by atoms with Crippen LogP contribution in [0.25, 0.3) is 0 Å². The van der Waals surface area contributed by atoms with Crippen LogP contribution in [0.4, 0.5) is 15.8 Å². The molecular formula is C34H25ClFN3O6S2. The van der Waals surface area contributed by atoms with Gasteiger partial charge in [0.15, 0.2) is 0 Å². The summed E-state index contributed by atoms with van der Waals surface area (Å²) in [6.07, 6.45) is 0.688. The van der Waals surface area contributed by atoms with Gasteiger partial charge in [0.05, 0.1) is 28.1 Å². The molecule has 0 spiro atoms. The molecule has 2 saturated carbocycles. The Hall–Kier alpha value is -4.26. The number of carboxylic acids is 1. The fourth-order valence-corrected chi connectivity index (χ4v) is 11.5. The minimum absolute atomic E-state index is 0.0794. The summed E-state index contributed by atoms with van der Waals surface area (Å²) in [6.45, 7) is -0.270. The lowest BCUT2D eigenvalue weighted by atomic mass is 9.68. The molecule has 9 nitrogen and oxygen atoms in total. The fourth-order valence-electron chi connectivity index (χ4n) is 8.18. The predicted octanol–water partition coefficient (Wildman–Crippen LogP) is 5.72. The first-order chi connectivity index (χ1) is 22.6. The maximum absolute atomic E-state index is 14.1. The third kappa shape index (κ3) is 4.76. The molecule has 2 aliphatic heterocycles. The van der Waals surface area contributed by atoms with Crippen molar-refractivity contribution in [3.8, 4) is 0 Å². The number of amides is 3. The summed E-state index contributed by atoms with van der Waals surface area (Å²) in [4.78, 5) is 67.5. The van der Waals surface area contributed by atoms with Gasteiger partial charge in [0.1, 0.15) is 12.4 Å². The van der Waals surface area contributed by atoms with Gasteiger partial charge in [-0.3, -0.25) is 28.6 Å². The summed E-state index contributed by atoms with van der Waals surface area (Å²) in [5.41, 5.74) is 1.77. The predicted molar refractivity (Wildman–Crippen MR) is 175 cm³/mol. The Morgan fingerprint density at radius 3 is 2.23 bits per heavy atom. The summed E-state index contributed by atoms with van der Waals surface area (Å²) in [7, 11) is 0. The number of carboxylic acid groups (broad SMARTS) is 1. The third-order valence-corrected chi connectivity index (χ3v) is 13.0. The van der Waals surface area contributed by atoms with Crippen molar-refractivity contribution >= 4 is 69.8 Å². The van der Waals surface area contributed by atoms with Crippen molar-refractivity contribution in [2.75, 3.05) is 10.2 Å². The second-order valence-corrected chi connectivity index (χ2v) is 14.9. The number of nitrogens with one attached hydrogen (secondary N) is 1. The minimum atomic E-state index is -1.08. The molecule has 4 aliphatic rings. The standard InChI is InChI=1S/C34H25ClFN3O6S2/c35-17-5-11-20(12-6-17)39-30(41)26-21-13-22(27(26)31(39)42)28-25(21)24(15-1-7-18(36)8-2-15)29-32(46-28)38(34(45)47-29)14-23(40)37-19-9-3-16(4-10-19)33(43)44/h1-12,21-22,24-28H,13-14H2,(H,37,40)(H,43,44). The van der Waals surface area contributed by atoms with Gasteiger partial charge in [-0.25, -0.2) is 9.18 Å². The van der Waals surface area contributed by atoms with E-state index in [1.54, 1.807) is 36.4 Å². The van der Waals surface area contributed by atoms with Crippen LogP contribution in [0.5, 0.6) is 0 Å². The Labute approximate surface area is 280 Å². The third-order valence-electron chi connectivity index (χ3n) is 9.98. The fraction of sp³-hybridized carbons (Fsp3) is 0.265. The van der Waals surface area contributed by atoms with E-state index < -0.39 is 29.5 Å². The highest BCUT2D eigenvalue weighted by molar-refractivity contribution is 8.00. The molecule has 3 amide bonds. The van der Waals surface area contributed by atoms with Gasteiger partial charge in [0.25, 0.3) is 0 Å². The van der Waals surface area contributed by atoms with Gasteiger partial charge in [-0.1, -0.05) is 35.1 Å².